The van der Waals surface area contributed by atoms with Crippen molar-refractivity contribution in [3.05, 3.63) is 35.1 Å². The van der Waals surface area contributed by atoms with Gasteiger partial charge in [0.2, 0.25) is 11.8 Å². The van der Waals surface area contributed by atoms with Crippen molar-refractivity contribution >= 4 is 17.7 Å². The molecule has 1 aromatic carbocycles. The van der Waals surface area contributed by atoms with Gasteiger partial charge in [0.25, 0.3) is 5.91 Å². The highest BCUT2D eigenvalue weighted by molar-refractivity contribution is 5.94. The molecule has 2 aliphatic heterocycles. The molecule has 3 unspecified atom stereocenters. The molecule has 0 saturated carbocycles. The second-order valence-electron chi connectivity index (χ2n) is 6.86. The fraction of sp³-hybridized carbons (Fsp3) is 0.500. The standard InChI is InChI=1S/C18H22FN3O3/c1-10-4-5-13(6-16(10)19)17(24)20-14-7-15-9-21(12(3)23)11(2)18(25)22(15)8-14/h4-6,11,14-15H,7-9H2,1-3H3,(H,20,24). The zero-order valence-corrected chi connectivity index (χ0v) is 14.6. The van der Waals surface area contributed by atoms with Crippen molar-refractivity contribution in [1.82, 2.24) is 15.1 Å². The van der Waals surface area contributed by atoms with Gasteiger partial charge in [-0.15, -0.1) is 0 Å². The van der Waals surface area contributed by atoms with Gasteiger partial charge in [0, 0.05) is 31.6 Å². The average Bonchev–Trinajstić information content (AvgIpc) is 2.96. The van der Waals surface area contributed by atoms with E-state index in [4.69, 9.17) is 0 Å². The Labute approximate surface area is 146 Å². The molecular weight excluding hydrogens is 325 g/mol. The van der Waals surface area contributed by atoms with Gasteiger partial charge in [-0.3, -0.25) is 14.4 Å². The summed E-state index contributed by atoms with van der Waals surface area (Å²) in [4.78, 5) is 39.8. The lowest BCUT2D eigenvalue weighted by Crippen LogP contribution is -2.59. The van der Waals surface area contributed by atoms with Crippen molar-refractivity contribution < 1.29 is 18.8 Å². The first-order valence-electron chi connectivity index (χ1n) is 8.42. The Kier molecular flexibility index (Phi) is 4.49. The normalized spacial score (nSPS) is 25.8. The minimum Gasteiger partial charge on any atom is -0.347 e. The molecule has 0 radical (unpaired) electrons. The zero-order valence-electron chi connectivity index (χ0n) is 14.6. The molecule has 2 saturated heterocycles. The largest absolute Gasteiger partial charge is 0.347 e. The molecule has 3 rings (SSSR count). The van der Waals surface area contributed by atoms with Crippen molar-refractivity contribution in [3.8, 4) is 0 Å². The quantitative estimate of drug-likeness (QED) is 0.870. The van der Waals surface area contributed by atoms with Crippen LogP contribution in [0.5, 0.6) is 0 Å². The molecule has 3 amide bonds. The maximum absolute atomic E-state index is 13.6. The fourth-order valence-corrected chi connectivity index (χ4v) is 3.63. The van der Waals surface area contributed by atoms with Gasteiger partial charge in [-0.2, -0.15) is 0 Å². The lowest BCUT2D eigenvalue weighted by molar-refractivity contribution is -0.151. The molecule has 1 aromatic rings. The third-order valence-electron chi connectivity index (χ3n) is 5.10. The molecule has 6 nitrogen and oxygen atoms in total. The van der Waals surface area contributed by atoms with Crippen LogP contribution in [0.25, 0.3) is 0 Å². The molecule has 0 spiro atoms. The van der Waals surface area contributed by atoms with Gasteiger partial charge in [0.1, 0.15) is 11.9 Å². The Morgan fingerprint density at radius 1 is 1.28 bits per heavy atom. The number of amides is 3. The van der Waals surface area contributed by atoms with Crippen LogP contribution in [0.1, 0.15) is 36.2 Å². The number of rotatable bonds is 2. The molecule has 7 heteroatoms. The van der Waals surface area contributed by atoms with E-state index in [9.17, 15) is 18.8 Å². The van der Waals surface area contributed by atoms with Crippen LogP contribution in [-0.2, 0) is 9.59 Å². The maximum Gasteiger partial charge on any atom is 0.251 e. The highest BCUT2D eigenvalue weighted by Crippen LogP contribution is 2.26. The van der Waals surface area contributed by atoms with E-state index in [2.05, 4.69) is 5.32 Å². The van der Waals surface area contributed by atoms with Gasteiger partial charge in [-0.1, -0.05) is 6.07 Å². The molecule has 25 heavy (non-hydrogen) atoms. The van der Waals surface area contributed by atoms with Crippen LogP contribution < -0.4 is 5.32 Å². The number of carbonyl (C=O) groups excluding carboxylic acids is 3. The first-order chi connectivity index (χ1) is 11.8. The summed E-state index contributed by atoms with van der Waals surface area (Å²) in [5.74, 6) is -0.988. The Hall–Kier alpha value is -2.44. The number of piperazine rings is 1. The third-order valence-corrected chi connectivity index (χ3v) is 5.10. The molecule has 1 N–H and O–H groups in total. The molecule has 134 valence electrons. The van der Waals surface area contributed by atoms with E-state index >= 15 is 0 Å². The molecular formula is C18H22FN3O3. The number of hydrogen-bond donors (Lipinski definition) is 1. The summed E-state index contributed by atoms with van der Waals surface area (Å²) in [6, 6.07) is 3.60. The molecule has 2 heterocycles. The Morgan fingerprint density at radius 2 is 2.00 bits per heavy atom. The summed E-state index contributed by atoms with van der Waals surface area (Å²) in [5, 5.41) is 2.87. The Bertz CT molecular complexity index is 736. The van der Waals surface area contributed by atoms with Crippen molar-refractivity contribution in [3.63, 3.8) is 0 Å². The van der Waals surface area contributed by atoms with Crippen LogP contribution >= 0.6 is 0 Å². The second-order valence-corrected chi connectivity index (χ2v) is 6.86. The van der Waals surface area contributed by atoms with E-state index in [0.717, 1.165) is 0 Å². The monoisotopic (exact) mass is 347 g/mol. The second kappa shape index (κ2) is 6.46. The first-order valence-corrected chi connectivity index (χ1v) is 8.42. The number of benzene rings is 1. The predicted octanol–water partition coefficient (Wildman–Crippen LogP) is 1.08. The average molecular weight is 347 g/mol. The van der Waals surface area contributed by atoms with Gasteiger partial charge in [0.15, 0.2) is 0 Å². The van der Waals surface area contributed by atoms with Gasteiger partial charge in [0.05, 0.1) is 6.04 Å². The summed E-state index contributed by atoms with van der Waals surface area (Å²) in [5.41, 5.74) is 0.747. The Balaban J connectivity index is 1.68. The SMILES string of the molecule is CC(=O)N1CC2CC(NC(=O)c3ccc(C)c(F)c3)CN2C(=O)C1C. The number of nitrogens with zero attached hydrogens (tertiary/aromatic N) is 2. The molecule has 2 aliphatic rings. The number of carbonyl (C=O) groups is 3. The number of halogens is 1. The van der Waals surface area contributed by atoms with Crippen LogP contribution in [0, 0.1) is 12.7 Å². The minimum atomic E-state index is -0.477. The van der Waals surface area contributed by atoms with E-state index in [0.29, 0.717) is 25.1 Å². The maximum atomic E-state index is 13.6. The number of hydrogen-bond acceptors (Lipinski definition) is 3. The number of nitrogens with one attached hydrogen (secondary N) is 1. The van der Waals surface area contributed by atoms with Crippen LogP contribution in [0.4, 0.5) is 4.39 Å². The first kappa shape index (κ1) is 17.4. The van der Waals surface area contributed by atoms with Gasteiger partial charge in [-0.25, -0.2) is 4.39 Å². The summed E-state index contributed by atoms with van der Waals surface area (Å²) >= 11 is 0. The van der Waals surface area contributed by atoms with Gasteiger partial charge >= 0.3 is 0 Å². The molecule has 0 bridgehead atoms. The third kappa shape index (κ3) is 3.23. The smallest absolute Gasteiger partial charge is 0.251 e. The highest BCUT2D eigenvalue weighted by atomic mass is 19.1. The Morgan fingerprint density at radius 3 is 2.64 bits per heavy atom. The minimum absolute atomic E-state index is 0.0901. The highest BCUT2D eigenvalue weighted by Gasteiger charge is 2.44. The summed E-state index contributed by atoms with van der Waals surface area (Å²) < 4.78 is 13.6. The van der Waals surface area contributed by atoms with Crippen LogP contribution in [0.3, 0.4) is 0 Å². The zero-order chi connectivity index (χ0) is 18.3. The van der Waals surface area contributed by atoms with Crippen molar-refractivity contribution in [1.29, 1.82) is 0 Å². The fourth-order valence-electron chi connectivity index (χ4n) is 3.63. The topological polar surface area (TPSA) is 69.7 Å². The van der Waals surface area contributed by atoms with Crippen molar-refractivity contribution in [2.75, 3.05) is 13.1 Å². The van der Waals surface area contributed by atoms with Crippen LogP contribution in [-0.4, -0.2) is 58.7 Å². The van der Waals surface area contributed by atoms with E-state index < -0.39 is 11.9 Å². The lowest BCUT2D eigenvalue weighted by Gasteiger charge is -2.40. The summed E-state index contributed by atoms with van der Waals surface area (Å²) in [6.45, 7) is 5.72. The van der Waals surface area contributed by atoms with E-state index in [1.165, 1.54) is 13.0 Å². The number of aryl methyl sites for hydroxylation is 1. The van der Waals surface area contributed by atoms with Crippen LogP contribution in [0.2, 0.25) is 0 Å². The van der Waals surface area contributed by atoms with E-state index in [-0.39, 0.29) is 35.4 Å². The summed E-state index contributed by atoms with van der Waals surface area (Å²) in [6.07, 6.45) is 0.586. The van der Waals surface area contributed by atoms with Gasteiger partial charge < -0.3 is 15.1 Å². The predicted molar refractivity (Wildman–Crippen MR) is 89.4 cm³/mol. The van der Waals surface area contributed by atoms with E-state index in [1.54, 1.807) is 35.8 Å². The van der Waals surface area contributed by atoms with Crippen molar-refractivity contribution in [2.24, 2.45) is 0 Å². The molecule has 3 atom stereocenters. The summed E-state index contributed by atoms with van der Waals surface area (Å²) in [7, 11) is 0. The molecule has 2 fully saturated rings. The van der Waals surface area contributed by atoms with E-state index in [1.807, 2.05) is 0 Å². The molecule has 0 aliphatic carbocycles. The number of fused-ring (bicyclic) bond motifs is 1. The van der Waals surface area contributed by atoms with Crippen LogP contribution in [0.15, 0.2) is 18.2 Å². The lowest BCUT2D eigenvalue weighted by atomic mass is 10.1. The molecule has 0 aromatic heterocycles. The van der Waals surface area contributed by atoms with Crippen molar-refractivity contribution in [2.45, 2.75) is 45.3 Å². The van der Waals surface area contributed by atoms with Gasteiger partial charge in [-0.05, 0) is 38.0 Å².